The number of aryl methyl sites for hydroxylation is 1. The lowest BCUT2D eigenvalue weighted by Crippen LogP contribution is -2.11. The van der Waals surface area contributed by atoms with Gasteiger partial charge in [0.1, 0.15) is 5.75 Å². The molecule has 1 aromatic heterocycles. The Morgan fingerprint density at radius 2 is 1.79 bits per heavy atom. The molecule has 0 bridgehead atoms. The maximum absolute atomic E-state index is 11.1. The van der Waals surface area contributed by atoms with Crippen LogP contribution in [0.3, 0.4) is 0 Å². The van der Waals surface area contributed by atoms with E-state index < -0.39 is 0 Å². The van der Waals surface area contributed by atoms with Gasteiger partial charge < -0.3 is 4.74 Å². The number of anilines is 2. The summed E-state index contributed by atoms with van der Waals surface area (Å²) in [7, 11) is 0. The molecule has 0 aliphatic rings. The Hall–Kier alpha value is -2.86. The first-order valence-corrected chi connectivity index (χ1v) is 7.64. The number of nitrogens with zero attached hydrogens (tertiary/aromatic N) is 2. The Labute approximate surface area is 143 Å². The summed E-state index contributed by atoms with van der Waals surface area (Å²) in [6, 6.07) is 13.0. The minimum atomic E-state index is -0.387. The fourth-order valence-corrected chi connectivity index (χ4v) is 2.34. The Kier molecular flexibility index (Phi) is 4.48. The topological polar surface area (TPSA) is 76.1 Å². The van der Waals surface area contributed by atoms with E-state index >= 15 is 0 Å². The first-order valence-electron chi connectivity index (χ1n) is 7.26. The second-order valence-electron chi connectivity index (χ2n) is 5.18. The largest absolute Gasteiger partial charge is 0.426 e. The van der Waals surface area contributed by atoms with E-state index in [4.69, 9.17) is 16.3 Å². The zero-order chi connectivity index (χ0) is 17.1. The zero-order valence-corrected chi connectivity index (χ0v) is 13.9. The Morgan fingerprint density at radius 3 is 2.50 bits per heavy atom. The number of hydrazine groups is 1. The van der Waals surface area contributed by atoms with Gasteiger partial charge in [-0.1, -0.05) is 29.8 Å². The maximum Gasteiger partial charge on any atom is 0.308 e. The van der Waals surface area contributed by atoms with Crippen molar-refractivity contribution in [3.63, 3.8) is 0 Å². The minimum Gasteiger partial charge on any atom is -0.426 e. The van der Waals surface area contributed by atoms with Crippen molar-refractivity contribution in [3.05, 3.63) is 53.2 Å². The van der Waals surface area contributed by atoms with Crippen LogP contribution in [-0.2, 0) is 4.79 Å². The normalized spacial score (nSPS) is 10.5. The highest BCUT2D eigenvalue weighted by molar-refractivity contribution is 6.32. The van der Waals surface area contributed by atoms with Gasteiger partial charge in [-0.2, -0.15) is 0 Å². The van der Waals surface area contributed by atoms with Gasteiger partial charge in [-0.05, 0) is 30.7 Å². The second-order valence-corrected chi connectivity index (χ2v) is 5.54. The summed E-state index contributed by atoms with van der Waals surface area (Å²) >= 11 is 6.18. The van der Waals surface area contributed by atoms with Crippen LogP contribution in [-0.4, -0.2) is 15.9 Å². The summed E-state index contributed by atoms with van der Waals surface area (Å²) in [5.74, 6) is 0.470. The third-order valence-electron chi connectivity index (χ3n) is 3.27. The van der Waals surface area contributed by atoms with Crippen LogP contribution in [0.15, 0.2) is 42.5 Å². The molecule has 0 unspecified atom stereocenters. The van der Waals surface area contributed by atoms with Crippen LogP contribution in [0.2, 0.25) is 5.15 Å². The SMILES string of the molecule is CC(=O)Oc1cc2nc(Cl)c(NNc3ccccc3)nc2cc1C. The van der Waals surface area contributed by atoms with Gasteiger partial charge in [0.15, 0.2) is 11.0 Å². The van der Waals surface area contributed by atoms with Crippen LogP contribution in [0.4, 0.5) is 11.5 Å². The van der Waals surface area contributed by atoms with Crippen molar-refractivity contribution in [1.82, 2.24) is 9.97 Å². The molecule has 3 aromatic rings. The van der Waals surface area contributed by atoms with E-state index in [2.05, 4.69) is 20.8 Å². The molecule has 0 saturated carbocycles. The van der Waals surface area contributed by atoms with Crippen molar-refractivity contribution in [2.75, 3.05) is 10.9 Å². The van der Waals surface area contributed by atoms with Gasteiger partial charge in [-0.3, -0.25) is 15.6 Å². The average molecular weight is 343 g/mol. The number of aromatic nitrogens is 2. The molecule has 2 N–H and O–H groups in total. The van der Waals surface area contributed by atoms with E-state index in [-0.39, 0.29) is 11.1 Å². The summed E-state index contributed by atoms with van der Waals surface area (Å²) in [5, 5.41) is 0.212. The van der Waals surface area contributed by atoms with Crippen molar-refractivity contribution in [1.29, 1.82) is 0 Å². The average Bonchev–Trinajstić information content (AvgIpc) is 2.55. The monoisotopic (exact) mass is 342 g/mol. The number of hydrogen-bond donors (Lipinski definition) is 2. The van der Waals surface area contributed by atoms with Gasteiger partial charge >= 0.3 is 5.97 Å². The van der Waals surface area contributed by atoms with Gasteiger partial charge in [0, 0.05) is 13.0 Å². The number of nitrogens with one attached hydrogen (secondary N) is 2. The number of benzene rings is 2. The van der Waals surface area contributed by atoms with Crippen molar-refractivity contribution < 1.29 is 9.53 Å². The third kappa shape index (κ3) is 3.55. The van der Waals surface area contributed by atoms with E-state index in [9.17, 15) is 4.79 Å². The smallest absolute Gasteiger partial charge is 0.308 e. The summed E-state index contributed by atoms with van der Waals surface area (Å²) in [5.41, 5.74) is 8.81. The lowest BCUT2D eigenvalue weighted by Gasteiger charge is -2.12. The molecule has 122 valence electrons. The molecule has 2 aromatic carbocycles. The third-order valence-corrected chi connectivity index (χ3v) is 3.53. The Balaban J connectivity index is 1.90. The van der Waals surface area contributed by atoms with E-state index in [1.54, 1.807) is 12.1 Å². The number of carbonyl (C=O) groups excluding carboxylic acids is 1. The highest BCUT2D eigenvalue weighted by Crippen LogP contribution is 2.27. The lowest BCUT2D eigenvalue weighted by atomic mass is 10.2. The van der Waals surface area contributed by atoms with Crippen LogP contribution in [0.5, 0.6) is 5.75 Å². The molecule has 0 spiro atoms. The van der Waals surface area contributed by atoms with Crippen molar-refractivity contribution in [2.45, 2.75) is 13.8 Å². The molecule has 0 radical (unpaired) electrons. The van der Waals surface area contributed by atoms with Crippen molar-refractivity contribution >= 4 is 40.1 Å². The van der Waals surface area contributed by atoms with Gasteiger partial charge in [0.2, 0.25) is 0 Å². The number of rotatable bonds is 4. The molecule has 0 atom stereocenters. The molecule has 6 nitrogen and oxygen atoms in total. The fraction of sp³-hybridized carbons (Fsp3) is 0.118. The number of halogens is 1. The number of ether oxygens (including phenoxy) is 1. The van der Waals surface area contributed by atoms with Crippen LogP contribution in [0.1, 0.15) is 12.5 Å². The van der Waals surface area contributed by atoms with E-state index in [1.165, 1.54) is 6.92 Å². The standard InChI is InChI=1S/C17H15ClN4O2/c1-10-8-13-14(9-15(10)24-11(2)23)19-16(18)17(20-13)22-21-12-6-4-3-5-7-12/h3-9,21H,1-2H3,(H,20,22). The molecule has 0 aliphatic carbocycles. The number of esters is 1. The van der Waals surface area contributed by atoms with Crippen LogP contribution < -0.4 is 15.6 Å². The molecule has 1 heterocycles. The lowest BCUT2D eigenvalue weighted by molar-refractivity contribution is -0.131. The van der Waals surface area contributed by atoms with Gasteiger partial charge in [-0.15, -0.1) is 0 Å². The fourth-order valence-electron chi connectivity index (χ4n) is 2.16. The molecule has 3 rings (SSSR count). The van der Waals surface area contributed by atoms with Gasteiger partial charge in [-0.25, -0.2) is 9.97 Å². The molecular weight excluding hydrogens is 328 g/mol. The number of hydrogen-bond acceptors (Lipinski definition) is 6. The molecule has 0 fully saturated rings. The Morgan fingerprint density at radius 1 is 1.08 bits per heavy atom. The van der Waals surface area contributed by atoms with E-state index in [1.807, 2.05) is 37.3 Å². The molecular formula is C17H15ClN4O2. The summed E-state index contributed by atoms with van der Waals surface area (Å²) < 4.78 is 5.15. The second kappa shape index (κ2) is 6.72. The van der Waals surface area contributed by atoms with Crippen LogP contribution >= 0.6 is 11.6 Å². The number of para-hydroxylation sites is 1. The number of fused-ring (bicyclic) bond motifs is 1. The first-order chi connectivity index (χ1) is 11.5. The molecule has 7 heteroatoms. The van der Waals surface area contributed by atoms with Gasteiger partial charge in [0.25, 0.3) is 0 Å². The van der Waals surface area contributed by atoms with Crippen LogP contribution in [0.25, 0.3) is 11.0 Å². The summed E-state index contributed by atoms with van der Waals surface area (Å²) in [4.78, 5) is 19.9. The predicted octanol–water partition coefficient (Wildman–Crippen LogP) is 3.96. The first kappa shape index (κ1) is 16.0. The highest BCUT2D eigenvalue weighted by atomic mass is 35.5. The van der Waals surface area contributed by atoms with Gasteiger partial charge in [0.05, 0.1) is 16.7 Å². The maximum atomic E-state index is 11.1. The minimum absolute atomic E-state index is 0.212. The zero-order valence-electron chi connectivity index (χ0n) is 13.1. The van der Waals surface area contributed by atoms with E-state index in [0.717, 1.165) is 11.3 Å². The Bertz CT molecular complexity index is 900. The predicted molar refractivity (Wildman–Crippen MR) is 94.3 cm³/mol. The quantitative estimate of drug-likeness (QED) is 0.424. The summed E-state index contributed by atoms with van der Waals surface area (Å²) in [6.45, 7) is 3.19. The molecule has 0 amide bonds. The summed E-state index contributed by atoms with van der Waals surface area (Å²) in [6.07, 6.45) is 0. The molecule has 0 aliphatic heterocycles. The van der Waals surface area contributed by atoms with Crippen LogP contribution in [0, 0.1) is 6.92 Å². The van der Waals surface area contributed by atoms with E-state index in [0.29, 0.717) is 22.6 Å². The molecule has 24 heavy (non-hydrogen) atoms. The van der Waals surface area contributed by atoms with Crippen molar-refractivity contribution in [3.8, 4) is 5.75 Å². The van der Waals surface area contributed by atoms with Crippen molar-refractivity contribution in [2.24, 2.45) is 0 Å². The highest BCUT2D eigenvalue weighted by Gasteiger charge is 2.11. The number of carbonyl (C=O) groups is 1. The molecule has 0 saturated heterocycles.